The second-order valence-electron chi connectivity index (χ2n) is 7.71. The van der Waals surface area contributed by atoms with Crippen LogP contribution >= 0.6 is 0 Å². The summed E-state index contributed by atoms with van der Waals surface area (Å²) >= 11 is 0. The Balaban J connectivity index is 0.000000323. The summed E-state index contributed by atoms with van der Waals surface area (Å²) in [6.07, 6.45) is 7.67. The molecule has 2 unspecified atom stereocenters. The molecule has 1 amide bonds. The Hall–Kier alpha value is -3.53. The van der Waals surface area contributed by atoms with Crippen molar-refractivity contribution in [2.75, 3.05) is 19.6 Å². The molecule has 6 nitrogen and oxygen atoms in total. The summed E-state index contributed by atoms with van der Waals surface area (Å²) in [6.45, 7) is 9.87. The molecule has 1 N–H and O–H groups in total. The average molecular weight is 450 g/mol. The Morgan fingerprint density at radius 2 is 1.97 bits per heavy atom. The Morgan fingerprint density at radius 3 is 2.55 bits per heavy atom. The summed E-state index contributed by atoms with van der Waals surface area (Å²) in [4.78, 5) is 22.9. The van der Waals surface area contributed by atoms with E-state index in [2.05, 4.69) is 21.4 Å². The molecule has 7 heteroatoms. The fourth-order valence-corrected chi connectivity index (χ4v) is 3.59. The highest BCUT2D eigenvalue weighted by atomic mass is 19.1. The van der Waals surface area contributed by atoms with Crippen molar-refractivity contribution >= 4 is 11.6 Å². The van der Waals surface area contributed by atoms with Crippen LogP contribution in [-0.2, 0) is 4.79 Å². The Labute approximate surface area is 195 Å². The van der Waals surface area contributed by atoms with Crippen LogP contribution in [0.5, 0.6) is 0 Å². The minimum Gasteiger partial charge on any atom is -0.379 e. The monoisotopic (exact) mass is 449 g/mol. The first-order chi connectivity index (χ1) is 16.0. The molecule has 2 aliphatic rings. The zero-order chi connectivity index (χ0) is 24.2. The maximum Gasteiger partial charge on any atom is 0.256 e. The van der Waals surface area contributed by atoms with Crippen molar-refractivity contribution in [1.82, 2.24) is 20.2 Å². The van der Waals surface area contributed by atoms with Gasteiger partial charge in [-0.25, -0.2) is 14.4 Å². The number of likely N-dealkylation sites (tertiary alicyclic amines) is 1. The number of benzene rings is 1. The van der Waals surface area contributed by atoms with Gasteiger partial charge in [0, 0.05) is 25.8 Å². The lowest BCUT2D eigenvalue weighted by Gasteiger charge is -2.34. The molecule has 2 atom stereocenters. The lowest BCUT2D eigenvalue weighted by atomic mass is 9.87. The highest BCUT2D eigenvalue weighted by molar-refractivity contribution is 6.03. The number of nitrogens with one attached hydrogen (secondary N) is 1. The largest absolute Gasteiger partial charge is 0.379 e. The molecule has 2 aromatic rings. The van der Waals surface area contributed by atoms with Crippen LogP contribution in [0.2, 0.25) is 0 Å². The van der Waals surface area contributed by atoms with E-state index in [4.69, 9.17) is 5.26 Å². The molecule has 2 aliphatic heterocycles. The van der Waals surface area contributed by atoms with E-state index in [0.717, 1.165) is 17.7 Å². The number of nitrogens with zero attached hydrogens (tertiary/aromatic N) is 4. The Kier molecular flexibility index (Phi) is 10.2. The third kappa shape index (κ3) is 7.25. The van der Waals surface area contributed by atoms with Gasteiger partial charge in [-0.15, -0.1) is 0 Å². The number of carbonyl (C=O) groups excluding carboxylic acids is 1. The van der Waals surface area contributed by atoms with Gasteiger partial charge in [0.05, 0.1) is 29.0 Å². The van der Waals surface area contributed by atoms with E-state index in [1.54, 1.807) is 24.4 Å². The highest BCUT2D eigenvalue weighted by Gasteiger charge is 2.31. The van der Waals surface area contributed by atoms with Gasteiger partial charge in [0.1, 0.15) is 12.1 Å². The number of piperidine rings is 1. The molecule has 1 fully saturated rings. The summed E-state index contributed by atoms with van der Waals surface area (Å²) < 4.78 is 12.1. The second-order valence-corrected chi connectivity index (χ2v) is 7.71. The van der Waals surface area contributed by atoms with Crippen LogP contribution in [0, 0.1) is 35.9 Å². The van der Waals surface area contributed by atoms with Crippen molar-refractivity contribution in [2.45, 2.75) is 34.1 Å². The maximum absolute atomic E-state index is 12.9. The molecule has 174 valence electrons. The molecule has 1 aromatic carbocycles. The van der Waals surface area contributed by atoms with Gasteiger partial charge in [-0.3, -0.25) is 4.79 Å². The third-order valence-electron chi connectivity index (χ3n) is 5.39. The fourth-order valence-electron chi connectivity index (χ4n) is 3.59. The third-order valence-corrected chi connectivity index (χ3v) is 5.39. The van der Waals surface area contributed by atoms with E-state index in [1.807, 2.05) is 44.7 Å². The standard InChI is InChI=1S/C17H19N5O.C7H7F.C2H6/c1-12-10-22(8-5-13(12)9-18)17(23)14-3-2-6-20-16(14)15-4-7-19-11-21-15;1-6-2-4-7(8)5-3-6;1-2/h2-4,7,11-13,20H,5-6,8,10H2,1H3;2-5H,1H3;1-2H3. The van der Waals surface area contributed by atoms with Crippen molar-refractivity contribution < 1.29 is 9.18 Å². The summed E-state index contributed by atoms with van der Waals surface area (Å²) in [5.74, 6) is 0.0524. The van der Waals surface area contributed by atoms with Crippen LogP contribution < -0.4 is 5.32 Å². The second kappa shape index (κ2) is 13.1. The number of aryl methyl sites for hydroxylation is 1. The van der Waals surface area contributed by atoms with Crippen molar-refractivity contribution in [1.29, 1.82) is 5.26 Å². The van der Waals surface area contributed by atoms with Crippen LogP contribution in [0.25, 0.3) is 5.70 Å². The predicted molar refractivity (Wildman–Crippen MR) is 128 cm³/mol. The van der Waals surface area contributed by atoms with E-state index >= 15 is 0 Å². The predicted octanol–water partition coefficient (Wildman–Crippen LogP) is 4.52. The van der Waals surface area contributed by atoms with Gasteiger partial charge in [0.2, 0.25) is 0 Å². The molecule has 0 saturated carbocycles. The molecule has 1 saturated heterocycles. The molecule has 0 bridgehead atoms. The number of nitriles is 1. The van der Waals surface area contributed by atoms with Crippen LogP contribution in [0.15, 0.2) is 60.6 Å². The fraction of sp³-hybridized carbons (Fsp3) is 0.385. The molecule has 33 heavy (non-hydrogen) atoms. The molecular weight excluding hydrogens is 417 g/mol. The van der Waals surface area contributed by atoms with Crippen molar-refractivity contribution in [3.05, 3.63) is 77.7 Å². The summed E-state index contributed by atoms with van der Waals surface area (Å²) in [5.41, 5.74) is 3.17. The first-order valence-corrected chi connectivity index (χ1v) is 11.3. The molecular formula is C26H32FN5O. The number of rotatable bonds is 2. The number of amides is 1. The van der Waals surface area contributed by atoms with Gasteiger partial charge in [0.15, 0.2) is 0 Å². The van der Waals surface area contributed by atoms with Gasteiger partial charge in [0.25, 0.3) is 5.91 Å². The van der Waals surface area contributed by atoms with Crippen LogP contribution in [0.1, 0.15) is 38.4 Å². The number of dihydropyridines is 1. The minimum absolute atomic E-state index is 0.00898. The summed E-state index contributed by atoms with van der Waals surface area (Å²) in [5, 5.41) is 12.4. The lowest BCUT2D eigenvalue weighted by molar-refractivity contribution is -0.128. The van der Waals surface area contributed by atoms with Crippen molar-refractivity contribution in [3.63, 3.8) is 0 Å². The van der Waals surface area contributed by atoms with Gasteiger partial charge in [-0.1, -0.05) is 44.5 Å². The number of carbonyl (C=O) groups is 1. The normalized spacial score (nSPS) is 19.2. The van der Waals surface area contributed by atoms with E-state index in [9.17, 15) is 9.18 Å². The smallest absolute Gasteiger partial charge is 0.256 e. The average Bonchev–Trinajstić information content (AvgIpc) is 2.87. The van der Waals surface area contributed by atoms with E-state index in [1.165, 1.54) is 18.5 Å². The first kappa shape index (κ1) is 25.7. The quantitative estimate of drug-likeness (QED) is 0.729. The van der Waals surface area contributed by atoms with Crippen LogP contribution in [-0.4, -0.2) is 40.4 Å². The number of hydrogen-bond acceptors (Lipinski definition) is 5. The molecule has 0 spiro atoms. The van der Waals surface area contributed by atoms with Crippen molar-refractivity contribution in [2.24, 2.45) is 11.8 Å². The maximum atomic E-state index is 12.9. The minimum atomic E-state index is -0.171. The summed E-state index contributed by atoms with van der Waals surface area (Å²) in [6, 6.07) is 10.5. The van der Waals surface area contributed by atoms with Gasteiger partial charge >= 0.3 is 0 Å². The number of aromatic nitrogens is 2. The highest BCUT2D eigenvalue weighted by Crippen LogP contribution is 2.26. The SMILES string of the molecule is CC.CC1CN(C(=O)C2=C(c3ccncn3)NCC=C2)CCC1C#N.Cc1ccc(F)cc1. The van der Waals surface area contributed by atoms with Crippen LogP contribution in [0.3, 0.4) is 0 Å². The topological polar surface area (TPSA) is 81.9 Å². The van der Waals surface area contributed by atoms with E-state index in [-0.39, 0.29) is 23.6 Å². The Morgan fingerprint density at radius 1 is 1.24 bits per heavy atom. The number of halogens is 1. The summed E-state index contributed by atoms with van der Waals surface area (Å²) in [7, 11) is 0. The van der Waals surface area contributed by atoms with Crippen molar-refractivity contribution in [3.8, 4) is 6.07 Å². The Bertz CT molecular complexity index is 975. The van der Waals surface area contributed by atoms with Gasteiger partial charge in [-0.2, -0.15) is 5.26 Å². The van der Waals surface area contributed by atoms with Crippen LogP contribution in [0.4, 0.5) is 4.39 Å². The first-order valence-electron chi connectivity index (χ1n) is 11.3. The zero-order valence-electron chi connectivity index (χ0n) is 19.8. The van der Waals surface area contributed by atoms with Gasteiger partial charge in [-0.05, 0) is 43.5 Å². The molecule has 4 rings (SSSR count). The molecule has 0 radical (unpaired) electrons. The molecule has 3 heterocycles. The van der Waals surface area contributed by atoms with Gasteiger partial charge < -0.3 is 10.2 Å². The lowest BCUT2D eigenvalue weighted by Crippen LogP contribution is -2.43. The zero-order valence-corrected chi connectivity index (χ0v) is 19.8. The number of hydrogen-bond donors (Lipinski definition) is 1. The van der Waals surface area contributed by atoms with E-state index in [0.29, 0.717) is 30.9 Å². The molecule has 1 aromatic heterocycles. The molecule has 0 aliphatic carbocycles. The van der Waals surface area contributed by atoms with E-state index < -0.39 is 0 Å².